The summed E-state index contributed by atoms with van der Waals surface area (Å²) in [6.07, 6.45) is 0. The fourth-order valence-electron chi connectivity index (χ4n) is 1.62. The third-order valence-electron chi connectivity index (χ3n) is 2.53. The van der Waals surface area contributed by atoms with Crippen molar-refractivity contribution in [3.63, 3.8) is 0 Å². The Bertz CT molecular complexity index is 535. The van der Waals surface area contributed by atoms with E-state index in [9.17, 15) is 4.79 Å². The van der Waals surface area contributed by atoms with Gasteiger partial charge in [0.25, 0.3) is 0 Å². The summed E-state index contributed by atoms with van der Waals surface area (Å²) >= 11 is 0. The highest BCUT2D eigenvalue weighted by molar-refractivity contribution is 5.89. The van der Waals surface area contributed by atoms with Gasteiger partial charge in [0.2, 0.25) is 0 Å². The predicted octanol–water partition coefficient (Wildman–Crippen LogP) is 2.64. The van der Waals surface area contributed by atoms with Gasteiger partial charge in [0.05, 0.1) is 12.7 Å². The van der Waals surface area contributed by atoms with Crippen molar-refractivity contribution in [3.05, 3.63) is 54.1 Å². The number of hydrogen-bond donors (Lipinski definition) is 2. The summed E-state index contributed by atoms with van der Waals surface area (Å²) in [6.45, 7) is 0. The molecule has 2 aromatic rings. The maximum atomic E-state index is 10.9. The molecule has 0 atom stereocenters. The van der Waals surface area contributed by atoms with Gasteiger partial charge in [-0.1, -0.05) is 24.3 Å². The molecule has 0 saturated heterocycles. The van der Waals surface area contributed by atoms with Crippen molar-refractivity contribution in [2.24, 2.45) is 5.73 Å². The van der Waals surface area contributed by atoms with Crippen molar-refractivity contribution in [2.75, 3.05) is 14.2 Å². The number of carboxylic acids is 1. The minimum atomic E-state index is -0.916. The van der Waals surface area contributed by atoms with Gasteiger partial charge in [-0.2, -0.15) is 0 Å². The van der Waals surface area contributed by atoms with Crippen LogP contribution in [0.25, 0.3) is 11.1 Å². The number of aromatic carboxylic acids is 1. The van der Waals surface area contributed by atoms with Gasteiger partial charge in [-0.3, -0.25) is 0 Å². The average Bonchev–Trinajstić information content (AvgIpc) is 2.49. The van der Waals surface area contributed by atoms with Crippen molar-refractivity contribution in [1.29, 1.82) is 0 Å². The second-order valence-corrected chi connectivity index (χ2v) is 3.61. The first kappa shape index (κ1) is 14.7. The largest absolute Gasteiger partial charge is 0.497 e. The maximum Gasteiger partial charge on any atom is 0.335 e. The van der Waals surface area contributed by atoms with Gasteiger partial charge in [-0.05, 0) is 42.4 Å². The van der Waals surface area contributed by atoms with Gasteiger partial charge >= 0.3 is 5.97 Å². The zero-order valence-corrected chi connectivity index (χ0v) is 11.0. The zero-order valence-electron chi connectivity index (χ0n) is 11.0. The summed E-state index contributed by atoms with van der Waals surface area (Å²) in [5.41, 5.74) is 6.64. The van der Waals surface area contributed by atoms with Gasteiger partial charge in [0.1, 0.15) is 5.75 Å². The quantitative estimate of drug-likeness (QED) is 0.888. The summed E-state index contributed by atoms with van der Waals surface area (Å²) in [5, 5.41) is 8.92. The molecule has 0 aliphatic heterocycles. The number of rotatable bonds is 3. The SMILES string of the molecule is CN.COc1ccc(-c2cccc(C(=O)O)c2)cc1. The van der Waals surface area contributed by atoms with Crippen LogP contribution in [0.1, 0.15) is 10.4 Å². The van der Waals surface area contributed by atoms with E-state index in [2.05, 4.69) is 5.73 Å². The number of hydrogen-bond acceptors (Lipinski definition) is 3. The van der Waals surface area contributed by atoms with Crippen LogP contribution in [-0.4, -0.2) is 25.2 Å². The molecular formula is C15H17NO3. The van der Waals surface area contributed by atoms with E-state index < -0.39 is 5.97 Å². The summed E-state index contributed by atoms with van der Waals surface area (Å²) < 4.78 is 5.07. The summed E-state index contributed by atoms with van der Waals surface area (Å²) in [6, 6.07) is 14.4. The van der Waals surface area contributed by atoms with E-state index in [1.54, 1.807) is 25.3 Å². The summed E-state index contributed by atoms with van der Waals surface area (Å²) in [4.78, 5) is 10.9. The van der Waals surface area contributed by atoms with Crippen LogP contribution in [-0.2, 0) is 0 Å². The van der Waals surface area contributed by atoms with Crippen LogP contribution in [0.3, 0.4) is 0 Å². The van der Waals surface area contributed by atoms with Gasteiger partial charge < -0.3 is 15.6 Å². The standard InChI is InChI=1S/C14H12O3.CH5N/c1-17-13-7-5-10(6-8-13)11-3-2-4-12(9-11)14(15)16;1-2/h2-9H,1H3,(H,15,16);2H2,1H3. The molecule has 0 amide bonds. The van der Waals surface area contributed by atoms with Crippen LogP contribution in [0, 0.1) is 0 Å². The molecule has 0 heterocycles. The Morgan fingerprint density at radius 1 is 1.05 bits per heavy atom. The monoisotopic (exact) mass is 259 g/mol. The van der Waals surface area contributed by atoms with Crippen LogP contribution in [0.5, 0.6) is 5.75 Å². The maximum absolute atomic E-state index is 10.9. The molecule has 19 heavy (non-hydrogen) atoms. The van der Waals surface area contributed by atoms with Crippen molar-refractivity contribution >= 4 is 5.97 Å². The molecule has 0 saturated carbocycles. The van der Waals surface area contributed by atoms with Gasteiger partial charge in [0.15, 0.2) is 0 Å². The number of carbonyl (C=O) groups is 1. The zero-order chi connectivity index (χ0) is 14.3. The van der Waals surface area contributed by atoms with Crippen molar-refractivity contribution < 1.29 is 14.6 Å². The molecule has 2 aromatic carbocycles. The first-order valence-corrected chi connectivity index (χ1v) is 5.76. The molecule has 0 aromatic heterocycles. The first-order chi connectivity index (χ1) is 9.20. The second kappa shape index (κ2) is 7.18. The van der Waals surface area contributed by atoms with Gasteiger partial charge in [-0.25, -0.2) is 4.79 Å². The van der Waals surface area contributed by atoms with Gasteiger partial charge in [0, 0.05) is 0 Å². The van der Waals surface area contributed by atoms with Crippen molar-refractivity contribution in [3.8, 4) is 16.9 Å². The van der Waals surface area contributed by atoms with Crippen LogP contribution >= 0.6 is 0 Å². The molecule has 3 N–H and O–H groups in total. The van der Waals surface area contributed by atoms with Crippen molar-refractivity contribution in [1.82, 2.24) is 0 Å². The molecule has 4 heteroatoms. The Morgan fingerprint density at radius 3 is 2.21 bits per heavy atom. The molecule has 0 spiro atoms. The number of methoxy groups -OCH3 is 1. The fraction of sp³-hybridized carbons (Fsp3) is 0.133. The lowest BCUT2D eigenvalue weighted by atomic mass is 10.0. The second-order valence-electron chi connectivity index (χ2n) is 3.61. The third kappa shape index (κ3) is 3.82. The summed E-state index contributed by atoms with van der Waals surface area (Å²) in [7, 11) is 3.11. The highest BCUT2D eigenvalue weighted by atomic mass is 16.5. The van der Waals surface area contributed by atoms with E-state index in [4.69, 9.17) is 9.84 Å². The minimum absolute atomic E-state index is 0.290. The Kier molecular flexibility index (Phi) is 5.57. The Morgan fingerprint density at radius 2 is 1.68 bits per heavy atom. The van der Waals surface area contributed by atoms with Crippen LogP contribution in [0.15, 0.2) is 48.5 Å². The number of benzene rings is 2. The molecule has 2 rings (SSSR count). The van der Waals surface area contributed by atoms with E-state index >= 15 is 0 Å². The molecule has 0 fully saturated rings. The normalized spacial score (nSPS) is 9.21. The molecular weight excluding hydrogens is 242 g/mol. The lowest BCUT2D eigenvalue weighted by molar-refractivity contribution is 0.0697. The van der Waals surface area contributed by atoms with Crippen LogP contribution < -0.4 is 10.5 Å². The lowest BCUT2D eigenvalue weighted by Crippen LogP contribution is -1.95. The van der Waals surface area contributed by atoms with E-state index in [1.165, 1.54) is 7.05 Å². The van der Waals surface area contributed by atoms with Crippen molar-refractivity contribution in [2.45, 2.75) is 0 Å². The molecule has 0 unspecified atom stereocenters. The predicted molar refractivity (Wildman–Crippen MR) is 75.5 cm³/mol. The van der Waals surface area contributed by atoms with E-state index in [-0.39, 0.29) is 0 Å². The smallest absolute Gasteiger partial charge is 0.335 e. The third-order valence-corrected chi connectivity index (χ3v) is 2.53. The number of ether oxygens (including phenoxy) is 1. The average molecular weight is 259 g/mol. The molecule has 0 radical (unpaired) electrons. The number of carboxylic acid groups (broad SMARTS) is 1. The topological polar surface area (TPSA) is 72.5 Å². The number of nitrogens with two attached hydrogens (primary N) is 1. The highest BCUT2D eigenvalue weighted by Crippen LogP contribution is 2.23. The molecule has 0 bridgehead atoms. The molecule has 0 aliphatic carbocycles. The van der Waals surface area contributed by atoms with Crippen LogP contribution in [0.4, 0.5) is 0 Å². The van der Waals surface area contributed by atoms with Crippen LogP contribution in [0.2, 0.25) is 0 Å². The fourth-order valence-corrected chi connectivity index (χ4v) is 1.62. The van der Waals surface area contributed by atoms with E-state index in [1.807, 2.05) is 30.3 Å². The first-order valence-electron chi connectivity index (χ1n) is 5.76. The van der Waals surface area contributed by atoms with E-state index in [0.717, 1.165) is 16.9 Å². The Labute approximate surface area is 112 Å². The summed E-state index contributed by atoms with van der Waals surface area (Å²) in [5.74, 6) is -0.136. The Balaban J connectivity index is 0.000000861. The molecule has 100 valence electrons. The molecule has 0 aliphatic rings. The Hall–Kier alpha value is -2.33. The highest BCUT2D eigenvalue weighted by Gasteiger charge is 2.04. The van der Waals surface area contributed by atoms with Gasteiger partial charge in [-0.15, -0.1) is 0 Å². The lowest BCUT2D eigenvalue weighted by Gasteiger charge is -2.04. The molecule has 4 nitrogen and oxygen atoms in total. The minimum Gasteiger partial charge on any atom is -0.497 e. The van der Waals surface area contributed by atoms with E-state index in [0.29, 0.717) is 5.56 Å².